The number of hydrogen-bond donors (Lipinski definition) is 3. The summed E-state index contributed by atoms with van der Waals surface area (Å²) >= 11 is 0. The van der Waals surface area contributed by atoms with Crippen LogP contribution in [0.2, 0.25) is 0 Å². The fourth-order valence-electron chi connectivity index (χ4n) is 1.91. The van der Waals surface area contributed by atoms with Gasteiger partial charge in [-0.3, -0.25) is 4.79 Å². The van der Waals surface area contributed by atoms with Crippen molar-refractivity contribution in [3.05, 3.63) is 29.6 Å². The summed E-state index contributed by atoms with van der Waals surface area (Å²) < 4.78 is 0. The first-order valence-corrected chi connectivity index (χ1v) is 5.77. The van der Waals surface area contributed by atoms with E-state index in [1.165, 1.54) is 0 Å². The molecular weight excluding hydrogens is 218 g/mol. The van der Waals surface area contributed by atoms with Crippen LogP contribution >= 0.6 is 0 Å². The van der Waals surface area contributed by atoms with E-state index in [2.05, 4.69) is 15.6 Å². The number of carbonyl (C=O) groups is 1. The largest absolute Gasteiger partial charge is 0.391 e. The van der Waals surface area contributed by atoms with Crippen LogP contribution in [0.1, 0.15) is 16.2 Å². The van der Waals surface area contributed by atoms with Crippen molar-refractivity contribution in [2.75, 3.05) is 19.6 Å². The van der Waals surface area contributed by atoms with Crippen molar-refractivity contribution >= 4 is 5.91 Å². The van der Waals surface area contributed by atoms with Crippen LogP contribution in [0.25, 0.3) is 0 Å². The monoisotopic (exact) mass is 235 g/mol. The van der Waals surface area contributed by atoms with Crippen LogP contribution in [0.15, 0.2) is 18.2 Å². The first kappa shape index (κ1) is 12.0. The first-order chi connectivity index (χ1) is 8.16. The Morgan fingerprint density at radius 3 is 3.06 bits per heavy atom. The van der Waals surface area contributed by atoms with E-state index in [1.807, 2.05) is 19.1 Å². The predicted octanol–water partition coefficient (Wildman–Crippen LogP) is -0.300. The lowest BCUT2D eigenvalue weighted by molar-refractivity contribution is 0.0922. The number of pyridine rings is 1. The lowest BCUT2D eigenvalue weighted by Gasteiger charge is -2.13. The van der Waals surface area contributed by atoms with Crippen molar-refractivity contribution in [2.24, 2.45) is 5.92 Å². The molecule has 2 heterocycles. The number of rotatable bonds is 3. The topological polar surface area (TPSA) is 74.2 Å². The second-order valence-electron chi connectivity index (χ2n) is 4.36. The molecule has 1 fully saturated rings. The minimum atomic E-state index is -0.374. The molecule has 92 valence electrons. The van der Waals surface area contributed by atoms with E-state index in [0.29, 0.717) is 18.8 Å². The van der Waals surface area contributed by atoms with Gasteiger partial charge in [-0.15, -0.1) is 0 Å². The quantitative estimate of drug-likeness (QED) is 0.672. The van der Waals surface area contributed by atoms with Crippen molar-refractivity contribution in [2.45, 2.75) is 13.0 Å². The molecule has 3 N–H and O–H groups in total. The first-order valence-electron chi connectivity index (χ1n) is 5.77. The van der Waals surface area contributed by atoms with Crippen molar-refractivity contribution in [3.8, 4) is 0 Å². The van der Waals surface area contributed by atoms with Crippen molar-refractivity contribution in [3.63, 3.8) is 0 Å². The van der Waals surface area contributed by atoms with Gasteiger partial charge >= 0.3 is 0 Å². The number of aromatic nitrogens is 1. The number of amides is 1. The van der Waals surface area contributed by atoms with Gasteiger partial charge in [-0.25, -0.2) is 4.98 Å². The highest BCUT2D eigenvalue weighted by molar-refractivity contribution is 5.92. The number of hydrogen-bond acceptors (Lipinski definition) is 4. The van der Waals surface area contributed by atoms with Crippen LogP contribution in [0, 0.1) is 12.8 Å². The smallest absolute Gasteiger partial charge is 0.269 e. The average molecular weight is 235 g/mol. The number of carbonyl (C=O) groups excluding carboxylic acids is 1. The van der Waals surface area contributed by atoms with Gasteiger partial charge in [0.2, 0.25) is 0 Å². The van der Waals surface area contributed by atoms with E-state index >= 15 is 0 Å². The summed E-state index contributed by atoms with van der Waals surface area (Å²) in [6.07, 6.45) is -0.374. The number of aliphatic hydroxyl groups excluding tert-OH is 1. The number of nitrogens with zero attached hydrogens (tertiary/aromatic N) is 1. The van der Waals surface area contributed by atoms with Crippen LogP contribution in [0.3, 0.4) is 0 Å². The SMILES string of the molecule is Cc1cccc(C(=O)NCC2CNCC2O)n1. The van der Waals surface area contributed by atoms with E-state index in [9.17, 15) is 9.90 Å². The minimum absolute atomic E-state index is 0.0868. The maximum atomic E-state index is 11.8. The molecule has 5 heteroatoms. The zero-order valence-electron chi connectivity index (χ0n) is 9.81. The van der Waals surface area contributed by atoms with Crippen LogP contribution in [-0.2, 0) is 0 Å². The number of nitrogens with one attached hydrogen (secondary N) is 2. The van der Waals surface area contributed by atoms with Gasteiger partial charge < -0.3 is 15.7 Å². The number of aryl methyl sites for hydroxylation is 1. The summed E-state index contributed by atoms with van der Waals surface area (Å²) in [5.41, 5.74) is 1.24. The standard InChI is InChI=1S/C12H17N3O2/c1-8-3-2-4-10(15-8)12(17)14-6-9-5-13-7-11(9)16/h2-4,9,11,13,16H,5-7H2,1H3,(H,14,17). The molecule has 2 unspecified atom stereocenters. The van der Waals surface area contributed by atoms with Gasteiger partial charge in [0.25, 0.3) is 5.91 Å². The normalized spacial score (nSPS) is 23.6. The zero-order chi connectivity index (χ0) is 12.3. The van der Waals surface area contributed by atoms with Gasteiger partial charge in [-0.1, -0.05) is 6.07 Å². The van der Waals surface area contributed by atoms with Gasteiger partial charge in [0.15, 0.2) is 0 Å². The fraction of sp³-hybridized carbons (Fsp3) is 0.500. The van der Waals surface area contributed by atoms with Gasteiger partial charge in [0.05, 0.1) is 6.10 Å². The molecule has 5 nitrogen and oxygen atoms in total. The van der Waals surface area contributed by atoms with Crippen LogP contribution < -0.4 is 10.6 Å². The summed E-state index contributed by atoms with van der Waals surface area (Å²) in [5.74, 6) is -0.100. The van der Waals surface area contributed by atoms with Crippen molar-refractivity contribution in [1.82, 2.24) is 15.6 Å². The molecular formula is C12H17N3O2. The Labute approximate surface area is 100 Å². The Bertz CT molecular complexity index is 408. The molecule has 17 heavy (non-hydrogen) atoms. The fourth-order valence-corrected chi connectivity index (χ4v) is 1.91. The summed E-state index contributed by atoms with van der Waals surface area (Å²) in [6.45, 7) is 3.66. The Hall–Kier alpha value is -1.46. The Kier molecular flexibility index (Phi) is 3.71. The maximum Gasteiger partial charge on any atom is 0.269 e. The third-order valence-electron chi connectivity index (χ3n) is 2.95. The van der Waals surface area contributed by atoms with Crippen molar-refractivity contribution in [1.29, 1.82) is 0 Å². The predicted molar refractivity (Wildman–Crippen MR) is 63.7 cm³/mol. The molecule has 0 saturated carbocycles. The zero-order valence-corrected chi connectivity index (χ0v) is 9.81. The van der Waals surface area contributed by atoms with Crippen LogP contribution in [0.5, 0.6) is 0 Å². The van der Waals surface area contributed by atoms with Crippen molar-refractivity contribution < 1.29 is 9.90 Å². The summed E-state index contributed by atoms with van der Waals surface area (Å²) in [7, 11) is 0. The van der Waals surface area contributed by atoms with E-state index in [-0.39, 0.29) is 17.9 Å². The summed E-state index contributed by atoms with van der Waals surface area (Å²) in [5, 5.41) is 15.5. The Morgan fingerprint density at radius 1 is 1.59 bits per heavy atom. The van der Waals surface area contributed by atoms with Crippen LogP contribution in [0.4, 0.5) is 0 Å². The molecule has 2 atom stereocenters. The molecule has 2 rings (SSSR count). The van der Waals surface area contributed by atoms with Gasteiger partial charge in [-0.05, 0) is 19.1 Å². The molecule has 0 radical (unpaired) electrons. The lowest BCUT2D eigenvalue weighted by Crippen LogP contribution is -2.34. The molecule has 1 aliphatic heterocycles. The molecule has 1 aliphatic rings. The maximum absolute atomic E-state index is 11.8. The molecule has 1 amide bonds. The van der Waals surface area contributed by atoms with Gasteiger partial charge in [-0.2, -0.15) is 0 Å². The average Bonchev–Trinajstić information content (AvgIpc) is 2.72. The van der Waals surface area contributed by atoms with E-state index in [0.717, 1.165) is 12.2 Å². The van der Waals surface area contributed by atoms with Gasteiger partial charge in [0.1, 0.15) is 5.69 Å². The molecule has 0 spiro atoms. The number of aliphatic hydroxyl groups is 1. The third kappa shape index (κ3) is 3.01. The van der Waals surface area contributed by atoms with Crippen LogP contribution in [-0.4, -0.2) is 41.7 Å². The Morgan fingerprint density at radius 2 is 2.41 bits per heavy atom. The molecule has 1 aromatic rings. The number of β-amino-alcohol motifs (C(OH)–C–C–N with tert-alkyl or cyclic N) is 1. The lowest BCUT2D eigenvalue weighted by atomic mass is 10.1. The highest BCUT2D eigenvalue weighted by Gasteiger charge is 2.25. The molecule has 1 aromatic heterocycles. The molecule has 0 aliphatic carbocycles. The third-order valence-corrected chi connectivity index (χ3v) is 2.95. The van der Waals surface area contributed by atoms with Gasteiger partial charge in [0, 0.05) is 31.2 Å². The highest BCUT2D eigenvalue weighted by atomic mass is 16.3. The second kappa shape index (κ2) is 5.25. The van der Waals surface area contributed by atoms with E-state index < -0.39 is 0 Å². The van der Waals surface area contributed by atoms with E-state index in [1.54, 1.807) is 6.07 Å². The Balaban J connectivity index is 1.89. The molecule has 1 saturated heterocycles. The molecule has 0 bridgehead atoms. The van der Waals surface area contributed by atoms with E-state index in [4.69, 9.17) is 0 Å². The molecule has 0 aromatic carbocycles. The summed E-state index contributed by atoms with van der Waals surface area (Å²) in [4.78, 5) is 15.9. The highest BCUT2D eigenvalue weighted by Crippen LogP contribution is 2.07. The second-order valence-corrected chi connectivity index (χ2v) is 4.36. The minimum Gasteiger partial charge on any atom is -0.391 e. The summed E-state index contributed by atoms with van der Waals surface area (Å²) in [6, 6.07) is 5.34.